The van der Waals surface area contributed by atoms with E-state index in [9.17, 15) is 48.6 Å². The zero-order valence-corrected chi connectivity index (χ0v) is 42.0. The van der Waals surface area contributed by atoms with Crippen LogP contribution in [0.2, 0.25) is 0 Å². The van der Waals surface area contributed by atoms with Crippen molar-refractivity contribution >= 4 is 71.0 Å². The van der Waals surface area contributed by atoms with Gasteiger partial charge in [0.1, 0.15) is 42.3 Å². The van der Waals surface area contributed by atoms with E-state index in [1.165, 1.54) is 23.6 Å². The summed E-state index contributed by atoms with van der Waals surface area (Å²) in [5.74, 6) is -6.51. The van der Waals surface area contributed by atoms with E-state index in [4.69, 9.17) is 28.7 Å². The van der Waals surface area contributed by atoms with Crippen molar-refractivity contribution in [3.05, 3.63) is 35.9 Å². The van der Waals surface area contributed by atoms with Gasteiger partial charge in [-0.2, -0.15) is 11.8 Å². The van der Waals surface area contributed by atoms with Crippen LogP contribution in [0.1, 0.15) is 90.5 Å². The maximum Gasteiger partial charge on any atom is 0.326 e. The Hall–Kier alpha value is -6.21. The molecule has 3 rings (SSSR count). The number of rotatable bonds is 29. The number of carbonyl (C=O) groups is 8. The number of thioether (sulfide) groups is 1. The van der Waals surface area contributed by atoms with Gasteiger partial charge in [-0.05, 0) is 94.6 Å². The molecular weight excluding hydrogens is 941 g/mol. The van der Waals surface area contributed by atoms with Gasteiger partial charge in [0.2, 0.25) is 41.4 Å². The summed E-state index contributed by atoms with van der Waals surface area (Å²) >= 11 is 1.39. The smallest absolute Gasteiger partial charge is 0.326 e. The molecular formula is C46H76N14O10S. The number of carboxylic acid groups (broad SMARTS) is 1. The largest absolute Gasteiger partial charge is 0.480 e. The van der Waals surface area contributed by atoms with Gasteiger partial charge in [0.05, 0.1) is 12.1 Å². The zero-order valence-electron chi connectivity index (χ0n) is 41.2. The Morgan fingerprint density at radius 2 is 1.23 bits per heavy atom. The first kappa shape index (κ1) is 59.1. The molecule has 1 aromatic rings. The average Bonchev–Trinajstić information content (AvgIpc) is 4.04. The zero-order chi connectivity index (χ0) is 52.8. The molecule has 2 fully saturated rings. The summed E-state index contributed by atoms with van der Waals surface area (Å²) in [5.41, 5.74) is 29.2. The van der Waals surface area contributed by atoms with Crippen LogP contribution in [-0.2, 0) is 44.8 Å². The molecule has 2 saturated heterocycles. The third-order valence-electron chi connectivity index (χ3n) is 12.5. The number of likely N-dealkylation sites (tertiary alicyclic amines) is 2. The number of amides is 7. The lowest BCUT2D eigenvalue weighted by Crippen LogP contribution is -2.62. The molecule has 7 amide bonds. The fraction of sp³-hybridized carbons (Fsp3) is 0.652. The van der Waals surface area contributed by atoms with Crippen molar-refractivity contribution in [1.82, 2.24) is 36.4 Å². The number of guanidine groups is 2. The summed E-state index contributed by atoms with van der Waals surface area (Å²) in [4.78, 5) is 120. The molecule has 0 saturated carbocycles. The number of carbonyl (C=O) groups excluding carboxylic acids is 7. The number of carboxylic acids is 1. The minimum Gasteiger partial charge on any atom is -0.480 e. The second kappa shape index (κ2) is 29.8. The lowest BCUT2D eigenvalue weighted by molar-refractivity contribution is -0.150. The number of nitrogens with two attached hydrogens (primary N) is 5. The van der Waals surface area contributed by atoms with Crippen molar-refractivity contribution in [3.63, 3.8) is 0 Å². The minimum absolute atomic E-state index is 0.0000893. The Morgan fingerprint density at radius 3 is 1.76 bits per heavy atom. The van der Waals surface area contributed by atoms with Gasteiger partial charge >= 0.3 is 5.97 Å². The number of aliphatic hydroxyl groups excluding tert-OH is 1. The number of nitrogens with zero attached hydrogens (tertiary/aromatic N) is 4. The van der Waals surface area contributed by atoms with Crippen LogP contribution in [0.4, 0.5) is 0 Å². The monoisotopic (exact) mass is 1020 g/mol. The van der Waals surface area contributed by atoms with Gasteiger partial charge in [0.15, 0.2) is 11.9 Å². The Labute approximate surface area is 419 Å². The second-order valence-corrected chi connectivity index (χ2v) is 19.0. The van der Waals surface area contributed by atoms with E-state index in [1.807, 2.05) is 30.3 Å². The lowest BCUT2D eigenvalue weighted by Gasteiger charge is -2.32. The first-order chi connectivity index (χ1) is 33.7. The summed E-state index contributed by atoms with van der Waals surface area (Å²) in [5, 5.41) is 33.8. The maximum absolute atomic E-state index is 14.3. The van der Waals surface area contributed by atoms with E-state index in [2.05, 4.69) is 36.6 Å². The SMILES string of the molecule is CCC(C)C(NC(=O)C(CCCN=C(N)N)NC(=O)C1CCCN1C(=O)C(CCCN=C(N)N)NC(=O)C(N)Cc1ccccc1)C(=O)NC(CCSC)C(=O)NC(C(=O)N1CCCC1C(=O)O)C(C)O. The molecule has 0 bridgehead atoms. The van der Waals surface area contributed by atoms with Gasteiger partial charge in [-0.3, -0.25) is 43.5 Å². The molecule has 0 aromatic heterocycles. The van der Waals surface area contributed by atoms with Gasteiger partial charge in [-0.25, -0.2) is 4.79 Å². The van der Waals surface area contributed by atoms with E-state index < -0.39 is 108 Å². The fourth-order valence-corrected chi connectivity index (χ4v) is 8.85. The van der Waals surface area contributed by atoms with E-state index in [1.54, 1.807) is 20.1 Å². The Bertz CT molecular complexity index is 2020. The predicted molar refractivity (Wildman–Crippen MR) is 269 cm³/mol. The minimum atomic E-state index is -1.51. The quantitative estimate of drug-likeness (QED) is 0.0221. The standard InChI is InChI=1S/C46H76N14O10S/c1-5-26(2)35(41(66)55-31(19-24-71-4)39(64)58-36(27(3)61)43(68)60-23-12-18-34(60)44(69)70)57-38(63)30(15-9-20-52-45(48)49)54-40(65)33-17-11-22-59(33)42(67)32(16-10-21-53-46(50)51)56-37(62)29(47)25-28-13-7-6-8-14-28/h6-8,13-14,26-27,29-36,61H,5,9-12,15-25,47H2,1-4H3,(H,54,65)(H,55,66)(H,56,62)(H,57,63)(H,58,64)(H,69,70)(H4,48,49,52)(H4,50,51,53). The van der Waals surface area contributed by atoms with E-state index in [0.717, 1.165) is 10.5 Å². The number of hydrogen-bond donors (Lipinski definition) is 12. The highest BCUT2D eigenvalue weighted by Crippen LogP contribution is 2.22. The first-order valence-electron chi connectivity index (χ1n) is 24.1. The highest BCUT2D eigenvalue weighted by molar-refractivity contribution is 7.98. The van der Waals surface area contributed by atoms with Gasteiger partial charge in [-0.1, -0.05) is 50.6 Å². The van der Waals surface area contributed by atoms with E-state index >= 15 is 0 Å². The Kier molecular flexibility index (Phi) is 24.8. The summed E-state index contributed by atoms with van der Waals surface area (Å²) in [6, 6.07) is -0.402. The third-order valence-corrected chi connectivity index (χ3v) is 13.2. The van der Waals surface area contributed by atoms with Crippen molar-refractivity contribution in [1.29, 1.82) is 0 Å². The number of aliphatic hydroxyl groups is 1. The van der Waals surface area contributed by atoms with Crippen LogP contribution in [0.5, 0.6) is 0 Å². The molecule has 396 valence electrons. The highest BCUT2D eigenvalue weighted by atomic mass is 32.2. The summed E-state index contributed by atoms with van der Waals surface area (Å²) < 4.78 is 0. The first-order valence-corrected chi connectivity index (χ1v) is 25.5. The summed E-state index contributed by atoms with van der Waals surface area (Å²) in [6.07, 6.45) is 2.99. The molecule has 1 aromatic carbocycles. The lowest BCUT2D eigenvalue weighted by atomic mass is 9.96. The number of hydrogen-bond acceptors (Lipinski definition) is 13. The average molecular weight is 1020 g/mol. The highest BCUT2D eigenvalue weighted by Gasteiger charge is 2.42. The Balaban J connectivity index is 1.85. The predicted octanol–water partition coefficient (Wildman–Crippen LogP) is -2.67. The molecule has 2 aliphatic heterocycles. The van der Waals surface area contributed by atoms with Crippen LogP contribution in [-0.4, -0.2) is 172 Å². The molecule has 24 nitrogen and oxygen atoms in total. The number of benzene rings is 1. The van der Waals surface area contributed by atoms with E-state index in [0.29, 0.717) is 31.4 Å². The van der Waals surface area contributed by atoms with Crippen LogP contribution in [0.3, 0.4) is 0 Å². The summed E-state index contributed by atoms with van der Waals surface area (Å²) in [6.45, 7) is 5.35. The molecule has 0 aliphatic carbocycles. The van der Waals surface area contributed by atoms with Crippen LogP contribution >= 0.6 is 11.8 Å². The van der Waals surface area contributed by atoms with Crippen molar-refractivity contribution in [2.24, 2.45) is 44.6 Å². The van der Waals surface area contributed by atoms with Crippen LogP contribution in [0.15, 0.2) is 40.3 Å². The molecule has 10 atom stereocenters. The number of nitrogens with one attached hydrogen (secondary N) is 5. The fourth-order valence-electron chi connectivity index (χ4n) is 8.37. The molecule has 25 heteroatoms. The Morgan fingerprint density at radius 1 is 0.704 bits per heavy atom. The molecule has 71 heavy (non-hydrogen) atoms. The van der Waals surface area contributed by atoms with E-state index in [-0.39, 0.29) is 83.0 Å². The normalized spacial score (nSPS) is 18.8. The topological polar surface area (TPSA) is 398 Å². The van der Waals surface area contributed by atoms with Crippen LogP contribution in [0, 0.1) is 5.92 Å². The maximum atomic E-state index is 14.3. The van der Waals surface area contributed by atoms with Crippen molar-refractivity contribution < 1.29 is 48.6 Å². The van der Waals surface area contributed by atoms with Gasteiger partial charge < -0.3 is 75.3 Å². The van der Waals surface area contributed by atoms with Crippen molar-refractivity contribution in [3.8, 4) is 0 Å². The molecule has 2 aliphatic rings. The summed E-state index contributed by atoms with van der Waals surface area (Å²) in [7, 11) is 0. The van der Waals surface area contributed by atoms with Crippen LogP contribution in [0.25, 0.3) is 0 Å². The molecule has 17 N–H and O–H groups in total. The number of aliphatic carboxylic acids is 1. The van der Waals surface area contributed by atoms with Gasteiger partial charge in [-0.15, -0.1) is 0 Å². The van der Waals surface area contributed by atoms with Gasteiger partial charge in [0, 0.05) is 26.2 Å². The van der Waals surface area contributed by atoms with Crippen LogP contribution < -0.4 is 55.3 Å². The van der Waals surface area contributed by atoms with Crippen molar-refractivity contribution in [2.75, 3.05) is 38.2 Å². The third kappa shape index (κ3) is 18.8. The molecule has 0 radical (unpaired) electrons. The van der Waals surface area contributed by atoms with Gasteiger partial charge in [0.25, 0.3) is 0 Å². The second-order valence-electron chi connectivity index (χ2n) is 18.0. The van der Waals surface area contributed by atoms with Crippen molar-refractivity contribution in [2.45, 2.75) is 146 Å². The molecule has 10 unspecified atom stereocenters. The molecule has 0 spiro atoms. The molecule has 2 heterocycles. The number of aliphatic imine (C=N–C) groups is 2.